The van der Waals surface area contributed by atoms with Gasteiger partial charge in [0, 0.05) is 31.2 Å². The van der Waals surface area contributed by atoms with Gasteiger partial charge in [-0.3, -0.25) is 9.78 Å². The molecule has 0 bridgehead atoms. The Morgan fingerprint density at radius 3 is 2.90 bits per heavy atom. The Kier molecular flexibility index (Phi) is 4.65. The number of carbonyl (C=O) groups excluding carboxylic acids is 1. The van der Waals surface area contributed by atoms with Gasteiger partial charge < -0.3 is 15.5 Å². The molecule has 0 aliphatic heterocycles. The first-order chi connectivity index (χ1) is 9.59. The summed E-state index contributed by atoms with van der Waals surface area (Å²) < 4.78 is 0. The number of nitrogens with one attached hydrogen (secondary N) is 1. The predicted molar refractivity (Wildman–Crippen MR) is 76.0 cm³/mol. The van der Waals surface area contributed by atoms with Crippen LogP contribution in [0.1, 0.15) is 25.0 Å². The van der Waals surface area contributed by atoms with Crippen LogP contribution in [0.3, 0.4) is 0 Å². The van der Waals surface area contributed by atoms with E-state index in [1.807, 2.05) is 18.2 Å². The van der Waals surface area contributed by atoms with Crippen LogP contribution >= 0.6 is 0 Å². The van der Waals surface area contributed by atoms with Crippen molar-refractivity contribution < 1.29 is 15.0 Å². The largest absolute Gasteiger partial charge is 0.390 e. The van der Waals surface area contributed by atoms with Crippen LogP contribution in [0.25, 0.3) is 10.8 Å². The maximum atomic E-state index is 10.8. The molecule has 2 atom stereocenters. The van der Waals surface area contributed by atoms with Gasteiger partial charge in [0.2, 0.25) is 5.91 Å². The predicted octanol–water partition coefficient (Wildman–Crippen LogP) is 1.16. The van der Waals surface area contributed by atoms with Crippen LogP contribution in [0.15, 0.2) is 36.7 Å². The molecule has 2 aromatic rings. The molecule has 0 aliphatic rings. The molecule has 1 amide bonds. The fourth-order valence-electron chi connectivity index (χ4n) is 2.17. The number of hydrogen-bond donors (Lipinski definition) is 3. The van der Waals surface area contributed by atoms with Crippen LogP contribution in [0, 0.1) is 0 Å². The molecular weight excluding hydrogens is 256 g/mol. The summed E-state index contributed by atoms with van der Waals surface area (Å²) in [5.74, 6) is -0.150. The lowest BCUT2D eigenvalue weighted by atomic mass is 9.97. The number of amides is 1. The molecule has 106 valence electrons. The van der Waals surface area contributed by atoms with Crippen molar-refractivity contribution in [2.24, 2.45) is 0 Å². The molecule has 5 heteroatoms. The minimum atomic E-state index is -0.991. The van der Waals surface area contributed by atoms with Crippen LogP contribution in [0.2, 0.25) is 0 Å². The van der Waals surface area contributed by atoms with E-state index >= 15 is 0 Å². The highest BCUT2D eigenvalue weighted by atomic mass is 16.3. The number of pyridine rings is 1. The van der Waals surface area contributed by atoms with E-state index in [0.717, 1.165) is 10.8 Å². The highest BCUT2D eigenvalue weighted by molar-refractivity contribution is 5.85. The number of aromatic nitrogens is 1. The second kappa shape index (κ2) is 6.45. The first-order valence-electron chi connectivity index (χ1n) is 6.53. The summed E-state index contributed by atoms with van der Waals surface area (Å²) in [6.07, 6.45) is 1.75. The van der Waals surface area contributed by atoms with Crippen molar-refractivity contribution in [2.75, 3.05) is 6.54 Å². The van der Waals surface area contributed by atoms with E-state index in [9.17, 15) is 15.0 Å². The van der Waals surface area contributed by atoms with E-state index in [1.165, 1.54) is 6.92 Å². The molecule has 20 heavy (non-hydrogen) atoms. The van der Waals surface area contributed by atoms with E-state index in [1.54, 1.807) is 18.5 Å². The Morgan fingerprint density at radius 2 is 2.15 bits per heavy atom. The van der Waals surface area contributed by atoms with Crippen LogP contribution in [0.5, 0.6) is 0 Å². The van der Waals surface area contributed by atoms with Gasteiger partial charge in [-0.25, -0.2) is 0 Å². The molecule has 2 unspecified atom stereocenters. The molecule has 0 spiro atoms. The molecule has 0 saturated carbocycles. The van der Waals surface area contributed by atoms with Crippen LogP contribution in [-0.2, 0) is 4.79 Å². The Bertz CT molecular complexity index is 595. The highest BCUT2D eigenvalue weighted by Gasteiger charge is 2.20. The molecule has 1 aromatic carbocycles. The summed E-state index contributed by atoms with van der Waals surface area (Å²) in [7, 11) is 0. The van der Waals surface area contributed by atoms with E-state index in [0.29, 0.717) is 18.5 Å². The van der Waals surface area contributed by atoms with Gasteiger partial charge >= 0.3 is 0 Å². The van der Waals surface area contributed by atoms with Crippen molar-refractivity contribution in [3.63, 3.8) is 0 Å². The van der Waals surface area contributed by atoms with Crippen LogP contribution < -0.4 is 5.32 Å². The first-order valence-corrected chi connectivity index (χ1v) is 6.53. The van der Waals surface area contributed by atoms with Gasteiger partial charge in [-0.1, -0.05) is 18.2 Å². The number of benzene rings is 1. The molecule has 0 aliphatic carbocycles. The lowest BCUT2D eigenvalue weighted by molar-refractivity contribution is -0.119. The van der Waals surface area contributed by atoms with Crippen molar-refractivity contribution >= 4 is 16.7 Å². The Hall–Kier alpha value is -1.98. The Labute approximate surface area is 117 Å². The highest BCUT2D eigenvalue weighted by Crippen LogP contribution is 2.26. The fourth-order valence-corrected chi connectivity index (χ4v) is 2.17. The van der Waals surface area contributed by atoms with Gasteiger partial charge in [-0.15, -0.1) is 0 Å². The van der Waals surface area contributed by atoms with Crippen molar-refractivity contribution in [1.82, 2.24) is 10.3 Å². The summed E-state index contributed by atoms with van der Waals surface area (Å²) in [4.78, 5) is 14.8. The summed E-state index contributed by atoms with van der Waals surface area (Å²) in [5.41, 5.74) is 0.667. The zero-order chi connectivity index (χ0) is 14.5. The molecule has 0 fully saturated rings. The number of fused-ring (bicyclic) bond motifs is 1. The van der Waals surface area contributed by atoms with Gasteiger partial charge in [-0.05, 0) is 23.4 Å². The average Bonchev–Trinajstić information content (AvgIpc) is 2.45. The smallest absolute Gasteiger partial charge is 0.216 e. The van der Waals surface area contributed by atoms with Crippen molar-refractivity contribution in [3.8, 4) is 0 Å². The minimum Gasteiger partial charge on any atom is -0.390 e. The standard InChI is InChI=1S/C15H18N2O3/c1-10(18)17-8-6-14(19)15(20)13-4-2-3-11-9-16-7-5-12(11)13/h2-5,7,9,14-15,19-20H,6,8H2,1H3,(H,17,18). The number of carbonyl (C=O) groups is 1. The van der Waals surface area contributed by atoms with Crippen molar-refractivity contribution in [2.45, 2.75) is 25.6 Å². The van der Waals surface area contributed by atoms with Gasteiger partial charge in [0.05, 0.1) is 6.10 Å². The molecule has 5 nitrogen and oxygen atoms in total. The summed E-state index contributed by atoms with van der Waals surface area (Å²) in [5, 5.41) is 24.7. The summed E-state index contributed by atoms with van der Waals surface area (Å²) in [6.45, 7) is 1.75. The van der Waals surface area contributed by atoms with Crippen molar-refractivity contribution in [1.29, 1.82) is 0 Å². The molecule has 3 N–H and O–H groups in total. The van der Waals surface area contributed by atoms with E-state index in [-0.39, 0.29) is 5.91 Å². The number of aliphatic hydroxyl groups is 2. The van der Waals surface area contributed by atoms with Crippen molar-refractivity contribution in [3.05, 3.63) is 42.2 Å². The zero-order valence-corrected chi connectivity index (χ0v) is 11.3. The Morgan fingerprint density at radius 1 is 1.35 bits per heavy atom. The maximum Gasteiger partial charge on any atom is 0.216 e. The van der Waals surface area contributed by atoms with Crippen LogP contribution in [0.4, 0.5) is 0 Å². The number of aliphatic hydroxyl groups excluding tert-OH is 2. The maximum absolute atomic E-state index is 10.8. The van der Waals surface area contributed by atoms with Gasteiger partial charge in [0.25, 0.3) is 0 Å². The number of rotatable bonds is 5. The molecule has 1 heterocycles. The summed E-state index contributed by atoms with van der Waals surface area (Å²) >= 11 is 0. The van der Waals surface area contributed by atoms with E-state index in [4.69, 9.17) is 0 Å². The SMILES string of the molecule is CC(=O)NCCC(O)C(O)c1cccc2cnccc12. The third-order valence-corrected chi connectivity index (χ3v) is 3.21. The third-order valence-electron chi connectivity index (χ3n) is 3.21. The first kappa shape index (κ1) is 14.4. The number of nitrogens with zero attached hydrogens (tertiary/aromatic N) is 1. The monoisotopic (exact) mass is 274 g/mol. The van der Waals surface area contributed by atoms with Gasteiger partial charge in [-0.2, -0.15) is 0 Å². The quantitative estimate of drug-likeness (QED) is 0.764. The third kappa shape index (κ3) is 3.31. The second-order valence-electron chi connectivity index (χ2n) is 4.73. The molecule has 0 saturated heterocycles. The minimum absolute atomic E-state index is 0.150. The Balaban J connectivity index is 2.14. The molecule has 0 radical (unpaired) electrons. The summed E-state index contributed by atoms with van der Waals surface area (Å²) in [6, 6.07) is 7.33. The van der Waals surface area contributed by atoms with E-state index < -0.39 is 12.2 Å². The van der Waals surface area contributed by atoms with Gasteiger partial charge in [0.15, 0.2) is 0 Å². The average molecular weight is 274 g/mol. The molecule has 1 aromatic heterocycles. The zero-order valence-electron chi connectivity index (χ0n) is 11.3. The van der Waals surface area contributed by atoms with Crippen LogP contribution in [-0.4, -0.2) is 33.8 Å². The lowest BCUT2D eigenvalue weighted by Gasteiger charge is -2.19. The normalized spacial score (nSPS) is 13.9. The topological polar surface area (TPSA) is 82.5 Å². The lowest BCUT2D eigenvalue weighted by Crippen LogP contribution is -2.27. The van der Waals surface area contributed by atoms with E-state index in [2.05, 4.69) is 10.3 Å². The molecule has 2 rings (SSSR count). The second-order valence-corrected chi connectivity index (χ2v) is 4.73. The number of hydrogen-bond acceptors (Lipinski definition) is 4. The molecular formula is C15H18N2O3. The van der Waals surface area contributed by atoms with Gasteiger partial charge in [0.1, 0.15) is 6.10 Å². The fraction of sp³-hybridized carbons (Fsp3) is 0.333.